The Morgan fingerprint density at radius 2 is 2.07 bits per heavy atom. The fourth-order valence-corrected chi connectivity index (χ4v) is 2.86. The number of amides is 1. The Balaban J connectivity index is 2.09. The van der Waals surface area contributed by atoms with E-state index in [1.807, 2.05) is 4.90 Å². The zero-order chi connectivity index (χ0) is 10.3. The first-order valence-corrected chi connectivity index (χ1v) is 5.60. The Morgan fingerprint density at radius 1 is 1.36 bits per heavy atom. The maximum atomic E-state index is 12.0. The molecule has 3 nitrogen and oxygen atoms in total. The van der Waals surface area contributed by atoms with Crippen LogP contribution in [-0.4, -0.2) is 28.9 Å². The zero-order valence-corrected chi connectivity index (χ0v) is 9.12. The lowest BCUT2D eigenvalue weighted by atomic mass is 10.0. The average Bonchev–Trinajstić information content (AvgIpc) is 2.59. The van der Waals surface area contributed by atoms with E-state index in [0.29, 0.717) is 6.04 Å². The molecule has 3 heteroatoms. The highest BCUT2D eigenvalue weighted by Gasteiger charge is 2.42. The van der Waals surface area contributed by atoms with Crippen LogP contribution in [0.15, 0.2) is 0 Å². The molecule has 2 rings (SSSR count). The average molecular weight is 196 g/mol. The van der Waals surface area contributed by atoms with E-state index in [1.165, 1.54) is 25.7 Å². The predicted octanol–water partition coefficient (Wildman–Crippen LogP) is 1.12. The third-order valence-corrected chi connectivity index (χ3v) is 3.57. The van der Waals surface area contributed by atoms with Crippen molar-refractivity contribution in [2.75, 3.05) is 6.54 Å². The third-order valence-electron chi connectivity index (χ3n) is 3.57. The number of hydrogen-bond acceptors (Lipinski definition) is 2. The van der Waals surface area contributed by atoms with E-state index in [0.717, 1.165) is 12.5 Å². The Bertz CT molecular complexity index is 244. The molecule has 80 valence electrons. The standard InChI is InChI=1S/C11H20N2O/c1-11(2,12)10(14)13-7-6-8-4-3-5-9(8)13/h8-9H,3-7,12H2,1-2H3. The van der Waals surface area contributed by atoms with Crippen molar-refractivity contribution in [3.05, 3.63) is 0 Å². The maximum absolute atomic E-state index is 12.0. The number of fused-ring (bicyclic) bond motifs is 1. The van der Waals surface area contributed by atoms with Gasteiger partial charge in [-0.2, -0.15) is 0 Å². The molecule has 0 bridgehead atoms. The topological polar surface area (TPSA) is 46.3 Å². The van der Waals surface area contributed by atoms with Crippen LogP contribution in [-0.2, 0) is 4.79 Å². The molecule has 0 aromatic rings. The monoisotopic (exact) mass is 196 g/mol. The Kier molecular flexibility index (Phi) is 2.30. The minimum absolute atomic E-state index is 0.131. The first kappa shape index (κ1) is 9.97. The molecule has 2 aliphatic rings. The van der Waals surface area contributed by atoms with Crippen LogP contribution >= 0.6 is 0 Å². The molecule has 1 heterocycles. The number of nitrogens with zero attached hydrogens (tertiary/aromatic N) is 1. The van der Waals surface area contributed by atoms with Crippen LogP contribution in [0.1, 0.15) is 39.5 Å². The fraction of sp³-hybridized carbons (Fsp3) is 0.909. The van der Waals surface area contributed by atoms with Gasteiger partial charge < -0.3 is 10.6 Å². The van der Waals surface area contributed by atoms with Crippen molar-refractivity contribution in [3.8, 4) is 0 Å². The van der Waals surface area contributed by atoms with Gasteiger partial charge in [-0.3, -0.25) is 4.79 Å². The first-order valence-electron chi connectivity index (χ1n) is 5.60. The number of carbonyl (C=O) groups excluding carboxylic acids is 1. The molecular weight excluding hydrogens is 176 g/mol. The van der Waals surface area contributed by atoms with Crippen LogP contribution < -0.4 is 5.73 Å². The third kappa shape index (κ3) is 1.54. The summed E-state index contributed by atoms with van der Waals surface area (Å²) in [5.41, 5.74) is 5.15. The van der Waals surface area contributed by atoms with Gasteiger partial charge in [-0.15, -0.1) is 0 Å². The molecule has 1 aliphatic carbocycles. The maximum Gasteiger partial charge on any atom is 0.242 e. The van der Waals surface area contributed by atoms with Gasteiger partial charge in [0.25, 0.3) is 0 Å². The number of rotatable bonds is 1. The lowest BCUT2D eigenvalue weighted by Crippen LogP contribution is -2.52. The van der Waals surface area contributed by atoms with E-state index in [4.69, 9.17) is 5.73 Å². The van der Waals surface area contributed by atoms with Crippen molar-refractivity contribution < 1.29 is 4.79 Å². The normalized spacial score (nSPS) is 32.1. The lowest BCUT2D eigenvalue weighted by Gasteiger charge is -2.30. The van der Waals surface area contributed by atoms with Gasteiger partial charge in [0, 0.05) is 12.6 Å². The minimum atomic E-state index is -0.697. The highest BCUT2D eigenvalue weighted by atomic mass is 16.2. The molecule has 2 fully saturated rings. The van der Waals surface area contributed by atoms with E-state index < -0.39 is 5.54 Å². The van der Waals surface area contributed by atoms with E-state index in [-0.39, 0.29) is 5.91 Å². The van der Waals surface area contributed by atoms with Crippen LogP contribution in [0.3, 0.4) is 0 Å². The summed E-state index contributed by atoms with van der Waals surface area (Å²) < 4.78 is 0. The second-order valence-electron chi connectivity index (χ2n) is 5.27. The van der Waals surface area contributed by atoms with E-state index in [1.54, 1.807) is 13.8 Å². The summed E-state index contributed by atoms with van der Waals surface area (Å²) in [5.74, 6) is 0.896. The summed E-state index contributed by atoms with van der Waals surface area (Å²) >= 11 is 0. The second kappa shape index (κ2) is 3.23. The van der Waals surface area contributed by atoms with Crippen molar-refractivity contribution in [1.82, 2.24) is 4.90 Å². The van der Waals surface area contributed by atoms with Gasteiger partial charge in [0.15, 0.2) is 0 Å². The summed E-state index contributed by atoms with van der Waals surface area (Å²) in [7, 11) is 0. The first-order chi connectivity index (χ1) is 6.50. The zero-order valence-electron chi connectivity index (χ0n) is 9.12. The van der Waals surface area contributed by atoms with Gasteiger partial charge in [0.05, 0.1) is 5.54 Å². The summed E-state index contributed by atoms with van der Waals surface area (Å²) in [6.45, 7) is 4.53. The van der Waals surface area contributed by atoms with Crippen molar-refractivity contribution >= 4 is 5.91 Å². The number of carbonyl (C=O) groups is 1. The number of nitrogens with two attached hydrogens (primary N) is 1. The van der Waals surface area contributed by atoms with Crippen LogP contribution in [0.4, 0.5) is 0 Å². The second-order valence-corrected chi connectivity index (χ2v) is 5.27. The van der Waals surface area contributed by atoms with Gasteiger partial charge in [-0.25, -0.2) is 0 Å². The van der Waals surface area contributed by atoms with Crippen LogP contribution in [0.25, 0.3) is 0 Å². The Morgan fingerprint density at radius 3 is 2.71 bits per heavy atom. The predicted molar refractivity (Wildman–Crippen MR) is 55.7 cm³/mol. The SMILES string of the molecule is CC(C)(N)C(=O)N1CCC2CCCC21. The molecule has 2 atom stereocenters. The van der Waals surface area contributed by atoms with Crippen LogP contribution in [0, 0.1) is 5.92 Å². The van der Waals surface area contributed by atoms with Crippen LogP contribution in [0.5, 0.6) is 0 Å². The number of hydrogen-bond donors (Lipinski definition) is 1. The summed E-state index contributed by atoms with van der Waals surface area (Å²) in [5, 5.41) is 0. The molecule has 1 saturated carbocycles. The van der Waals surface area contributed by atoms with Crippen molar-refractivity contribution in [2.24, 2.45) is 11.7 Å². The molecule has 0 aromatic carbocycles. The molecular formula is C11H20N2O. The summed E-state index contributed by atoms with van der Waals surface area (Å²) in [4.78, 5) is 14.0. The molecule has 2 N–H and O–H groups in total. The minimum Gasteiger partial charge on any atom is -0.338 e. The molecule has 1 saturated heterocycles. The highest BCUT2D eigenvalue weighted by molar-refractivity contribution is 5.85. The van der Waals surface area contributed by atoms with Crippen LogP contribution in [0.2, 0.25) is 0 Å². The summed E-state index contributed by atoms with van der Waals surface area (Å²) in [6, 6.07) is 0.505. The Hall–Kier alpha value is -0.570. The van der Waals surface area contributed by atoms with E-state index in [9.17, 15) is 4.79 Å². The molecule has 0 radical (unpaired) electrons. The molecule has 0 aromatic heterocycles. The molecule has 1 aliphatic heterocycles. The lowest BCUT2D eigenvalue weighted by molar-refractivity contribution is -0.136. The number of likely N-dealkylation sites (tertiary alicyclic amines) is 1. The van der Waals surface area contributed by atoms with Gasteiger partial charge >= 0.3 is 0 Å². The van der Waals surface area contributed by atoms with Gasteiger partial charge in [-0.05, 0) is 39.0 Å². The largest absolute Gasteiger partial charge is 0.338 e. The molecule has 2 unspecified atom stereocenters. The molecule has 0 spiro atoms. The van der Waals surface area contributed by atoms with Crippen molar-refractivity contribution in [1.29, 1.82) is 0 Å². The van der Waals surface area contributed by atoms with Crippen molar-refractivity contribution in [2.45, 2.75) is 51.1 Å². The van der Waals surface area contributed by atoms with Gasteiger partial charge in [0.2, 0.25) is 5.91 Å². The van der Waals surface area contributed by atoms with Gasteiger partial charge in [-0.1, -0.05) is 6.42 Å². The quantitative estimate of drug-likeness (QED) is 0.683. The van der Waals surface area contributed by atoms with Gasteiger partial charge in [0.1, 0.15) is 0 Å². The van der Waals surface area contributed by atoms with Crippen molar-refractivity contribution in [3.63, 3.8) is 0 Å². The van der Waals surface area contributed by atoms with E-state index >= 15 is 0 Å². The molecule has 1 amide bonds. The Labute approximate surface area is 85.6 Å². The smallest absolute Gasteiger partial charge is 0.242 e. The molecule has 14 heavy (non-hydrogen) atoms. The highest BCUT2D eigenvalue weighted by Crippen LogP contribution is 2.38. The van der Waals surface area contributed by atoms with E-state index in [2.05, 4.69) is 0 Å². The fourth-order valence-electron chi connectivity index (χ4n) is 2.86. The summed E-state index contributed by atoms with van der Waals surface area (Å²) in [6.07, 6.45) is 4.96.